The van der Waals surface area contributed by atoms with Crippen LogP contribution in [0.3, 0.4) is 0 Å². The number of ether oxygens (including phenoxy) is 2. The monoisotopic (exact) mass is 315 g/mol. The van der Waals surface area contributed by atoms with Gasteiger partial charge >= 0.3 is 6.61 Å². The second-order valence-electron chi connectivity index (χ2n) is 5.15. The first-order valence-electron chi connectivity index (χ1n) is 6.94. The molecule has 0 N–H and O–H groups in total. The molecule has 1 aromatic rings. The largest absolute Gasteiger partial charge is 0.433 e. The van der Waals surface area contributed by atoms with Crippen molar-refractivity contribution in [1.82, 2.24) is 0 Å². The first-order valence-corrected chi connectivity index (χ1v) is 7.32. The van der Waals surface area contributed by atoms with Crippen molar-refractivity contribution in [2.45, 2.75) is 25.5 Å². The molecule has 1 fully saturated rings. The van der Waals surface area contributed by atoms with Crippen LogP contribution in [-0.4, -0.2) is 32.4 Å². The van der Waals surface area contributed by atoms with E-state index in [2.05, 4.69) is 9.64 Å². The standard InChI is InChI=1S/C15H16ClF2NO2/c16-12-7-10-3-1-5-19(11-4-2-6-20-9-11)13(10)8-14(12)21-15(17)18/h1,3,7-8,11,15H,2,4-6,9H2. The Hall–Kier alpha value is -1.33. The molecule has 1 unspecified atom stereocenters. The van der Waals surface area contributed by atoms with Gasteiger partial charge in [0.05, 0.1) is 17.7 Å². The van der Waals surface area contributed by atoms with Gasteiger partial charge in [0.25, 0.3) is 0 Å². The van der Waals surface area contributed by atoms with E-state index in [-0.39, 0.29) is 16.8 Å². The zero-order valence-corrected chi connectivity index (χ0v) is 12.2. The summed E-state index contributed by atoms with van der Waals surface area (Å²) in [5, 5.41) is 0.195. The fourth-order valence-electron chi connectivity index (χ4n) is 2.83. The van der Waals surface area contributed by atoms with Crippen LogP contribution >= 0.6 is 11.6 Å². The first-order chi connectivity index (χ1) is 10.1. The van der Waals surface area contributed by atoms with E-state index in [4.69, 9.17) is 16.3 Å². The van der Waals surface area contributed by atoms with Crippen molar-refractivity contribution in [3.05, 3.63) is 28.8 Å². The number of rotatable bonds is 3. The predicted octanol–water partition coefficient (Wildman–Crippen LogP) is 3.95. The molecule has 0 radical (unpaired) electrons. The summed E-state index contributed by atoms with van der Waals surface area (Å²) in [5.74, 6) is 0.0162. The maximum Gasteiger partial charge on any atom is 0.387 e. The van der Waals surface area contributed by atoms with E-state index in [0.717, 1.165) is 37.2 Å². The predicted molar refractivity (Wildman–Crippen MR) is 78.3 cm³/mol. The van der Waals surface area contributed by atoms with E-state index in [0.29, 0.717) is 6.61 Å². The number of nitrogens with zero attached hydrogens (tertiary/aromatic N) is 1. The van der Waals surface area contributed by atoms with Crippen LogP contribution in [-0.2, 0) is 4.74 Å². The summed E-state index contributed by atoms with van der Waals surface area (Å²) >= 11 is 6.00. The maximum atomic E-state index is 12.5. The number of benzene rings is 1. The molecule has 0 amide bonds. The summed E-state index contributed by atoms with van der Waals surface area (Å²) in [4.78, 5) is 2.17. The molecule has 3 rings (SSSR count). The summed E-state index contributed by atoms with van der Waals surface area (Å²) in [6.07, 6.45) is 6.03. The third kappa shape index (κ3) is 3.14. The molecule has 21 heavy (non-hydrogen) atoms. The highest BCUT2D eigenvalue weighted by molar-refractivity contribution is 6.32. The lowest BCUT2D eigenvalue weighted by atomic mass is 10.0. The second-order valence-corrected chi connectivity index (χ2v) is 5.55. The number of halogens is 3. The molecule has 0 saturated carbocycles. The average molecular weight is 316 g/mol. The fraction of sp³-hybridized carbons (Fsp3) is 0.467. The SMILES string of the molecule is FC(F)Oc1cc2c(cc1Cl)C=CCN2C1CCCOC1. The van der Waals surface area contributed by atoms with Crippen molar-refractivity contribution in [2.75, 3.05) is 24.7 Å². The summed E-state index contributed by atoms with van der Waals surface area (Å²) in [7, 11) is 0. The highest BCUT2D eigenvalue weighted by atomic mass is 35.5. The van der Waals surface area contributed by atoms with Crippen molar-refractivity contribution >= 4 is 23.4 Å². The zero-order chi connectivity index (χ0) is 14.8. The molecule has 0 spiro atoms. The topological polar surface area (TPSA) is 21.7 Å². The van der Waals surface area contributed by atoms with Gasteiger partial charge < -0.3 is 14.4 Å². The van der Waals surface area contributed by atoms with Gasteiger partial charge in [-0.2, -0.15) is 8.78 Å². The summed E-state index contributed by atoms with van der Waals surface area (Å²) in [5.41, 5.74) is 1.78. The van der Waals surface area contributed by atoms with E-state index in [1.54, 1.807) is 12.1 Å². The summed E-state index contributed by atoms with van der Waals surface area (Å²) < 4.78 is 34.9. The van der Waals surface area contributed by atoms with Crippen molar-refractivity contribution in [2.24, 2.45) is 0 Å². The van der Waals surface area contributed by atoms with Gasteiger partial charge in [0.2, 0.25) is 0 Å². The number of hydrogen-bond donors (Lipinski definition) is 0. The highest BCUT2D eigenvalue weighted by Crippen LogP contribution is 2.38. The maximum absolute atomic E-state index is 12.5. The molecule has 6 heteroatoms. The molecule has 0 aromatic heterocycles. The normalized spacial score (nSPS) is 21.5. The number of alkyl halides is 2. The van der Waals surface area contributed by atoms with E-state index in [1.165, 1.54) is 0 Å². The van der Waals surface area contributed by atoms with E-state index < -0.39 is 6.61 Å². The minimum absolute atomic E-state index is 0.0162. The molecule has 0 bridgehead atoms. The van der Waals surface area contributed by atoms with E-state index in [9.17, 15) is 8.78 Å². The highest BCUT2D eigenvalue weighted by Gasteiger charge is 2.26. The average Bonchev–Trinajstić information content (AvgIpc) is 2.48. The van der Waals surface area contributed by atoms with Gasteiger partial charge in [-0.15, -0.1) is 0 Å². The van der Waals surface area contributed by atoms with Crippen molar-refractivity contribution in [3.63, 3.8) is 0 Å². The molecular formula is C15H16ClF2NO2. The van der Waals surface area contributed by atoms with Gasteiger partial charge in [-0.3, -0.25) is 0 Å². The Morgan fingerprint density at radius 3 is 2.95 bits per heavy atom. The zero-order valence-electron chi connectivity index (χ0n) is 11.4. The molecule has 3 nitrogen and oxygen atoms in total. The van der Waals surface area contributed by atoms with Crippen LogP contribution in [0.2, 0.25) is 5.02 Å². The van der Waals surface area contributed by atoms with Crippen LogP contribution in [0, 0.1) is 0 Å². The Morgan fingerprint density at radius 2 is 2.24 bits per heavy atom. The summed E-state index contributed by atoms with van der Waals surface area (Å²) in [6.45, 7) is -0.711. The lowest BCUT2D eigenvalue weighted by Gasteiger charge is -2.38. The fourth-order valence-corrected chi connectivity index (χ4v) is 3.05. The Morgan fingerprint density at radius 1 is 1.38 bits per heavy atom. The third-order valence-electron chi connectivity index (χ3n) is 3.78. The van der Waals surface area contributed by atoms with Gasteiger partial charge in [0.15, 0.2) is 0 Å². The van der Waals surface area contributed by atoms with Crippen LogP contribution in [0.5, 0.6) is 5.75 Å². The van der Waals surface area contributed by atoms with Crippen LogP contribution in [0.1, 0.15) is 18.4 Å². The Bertz CT molecular complexity index is 545. The Balaban J connectivity index is 1.93. The molecule has 2 heterocycles. The lowest BCUT2D eigenvalue weighted by Crippen LogP contribution is -2.42. The second kappa shape index (κ2) is 6.20. The first kappa shape index (κ1) is 14.6. The Kier molecular flexibility index (Phi) is 4.31. The molecule has 0 aliphatic carbocycles. The Labute approximate surface area is 127 Å². The molecule has 1 aromatic carbocycles. The lowest BCUT2D eigenvalue weighted by molar-refractivity contribution is -0.0497. The van der Waals surface area contributed by atoms with Gasteiger partial charge in [0.1, 0.15) is 5.75 Å². The molecule has 1 atom stereocenters. The molecule has 2 aliphatic rings. The van der Waals surface area contributed by atoms with Gasteiger partial charge in [0, 0.05) is 24.9 Å². The van der Waals surface area contributed by atoms with Crippen LogP contribution in [0.4, 0.5) is 14.5 Å². The van der Waals surface area contributed by atoms with E-state index in [1.807, 2.05) is 12.2 Å². The van der Waals surface area contributed by atoms with Gasteiger partial charge in [-0.1, -0.05) is 23.8 Å². The number of fused-ring (bicyclic) bond motifs is 1. The smallest absolute Gasteiger partial charge is 0.387 e. The molecule has 114 valence electrons. The quantitative estimate of drug-likeness (QED) is 0.843. The molecule has 1 saturated heterocycles. The van der Waals surface area contributed by atoms with Crippen molar-refractivity contribution in [1.29, 1.82) is 0 Å². The van der Waals surface area contributed by atoms with Gasteiger partial charge in [-0.05, 0) is 24.5 Å². The van der Waals surface area contributed by atoms with Crippen LogP contribution < -0.4 is 9.64 Å². The molecule has 2 aliphatic heterocycles. The number of hydrogen-bond acceptors (Lipinski definition) is 3. The van der Waals surface area contributed by atoms with Crippen molar-refractivity contribution in [3.8, 4) is 5.75 Å². The minimum Gasteiger partial charge on any atom is -0.433 e. The van der Waals surface area contributed by atoms with Crippen LogP contribution in [0.25, 0.3) is 6.08 Å². The minimum atomic E-state index is -2.88. The van der Waals surface area contributed by atoms with Crippen LogP contribution in [0.15, 0.2) is 18.2 Å². The summed E-state index contributed by atoms with van der Waals surface area (Å²) in [6, 6.07) is 3.52. The van der Waals surface area contributed by atoms with E-state index >= 15 is 0 Å². The third-order valence-corrected chi connectivity index (χ3v) is 4.08. The number of anilines is 1. The molecular weight excluding hydrogens is 300 g/mol. The van der Waals surface area contributed by atoms with Crippen molar-refractivity contribution < 1.29 is 18.3 Å². The van der Waals surface area contributed by atoms with Gasteiger partial charge in [-0.25, -0.2) is 0 Å².